The van der Waals surface area contributed by atoms with E-state index in [9.17, 15) is 22.8 Å². The van der Waals surface area contributed by atoms with Gasteiger partial charge in [0.25, 0.3) is 11.5 Å². The summed E-state index contributed by atoms with van der Waals surface area (Å²) < 4.78 is 52.4. The highest BCUT2D eigenvalue weighted by atomic mass is 127. The number of carbonyl (C=O) groups is 2. The van der Waals surface area contributed by atoms with Gasteiger partial charge in [-0.3, -0.25) is 10.2 Å². The molecule has 1 saturated heterocycles. The van der Waals surface area contributed by atoms with E-state index in [1.165, 1.54) is 30.3 Å². The number of rotatable bonds is 7. The molecule has 1 amide bonds. The number of halogens is 4. The number of hydrogen-bond acceptors (Lipinski definition) is 10. The summed E-state index contributed by atoms with van der Waals surface area (Å²) in [7, 11) is 0.789. The Labute approximate surface area is 235 Å². The normalized spacial score (nSPS) is 17.9. The second kappa shape index (κ2) is 11.7. The summed E-state index contributed by atoms with van der Waals surface area (Å²) in [4.78, 5) is 26.6. The van der Waals surface area contributed by atoms with Crippen molar-refractivity contribution in [2.75, 3.05) is 43.5 Å². The molecule has 0 spiro atoms. The average Bonchev–Trinajstić information content (AvgIpc) is 2.90. The van der Waals surface area contributed by atoms with E-state index in [0.29, 0.717) is 31.9 Å². The van der Waals surface area contributed by atoms with Crippen molar-refractivity contribution >= 4 is 45.8 Å². The van der Waals surface area contributed by atoms with E-state index < -0.39 is 29.2 Å². The molecule has 4 rings (SSSR count). The van der Waals surface area contributed by atoms with Gasteiger partial charge in [0, 0.05) is 45.8 Å². The monoisotopic (exact) mass is 659 g/mol. The number of piperazine rings is 1. The second-order valence-corrected chi connectivity index (χ2v) is 9.57. The van der Waals surface area contributed by atoms with Crippen molar-refractivity contribution in [1.29, 1.82) is 0 Å². The third kappa shape index (κ3) is 5.94. The van der Waals surface area contributed by atoms with Crippen LogP contribution < -0.4 is 15.6 Å². The number of benzene rings is 2. The van der Waals surface area contributed by atoms with Crippen LogP contribution in [0.4, 0.5) is 24.5 Å². The molecule has 15 heteroatoms. The van der Waals surface area contributed by atoms with Crippen molar-refractivity contribution in [3.8, 4) is 0 Å². The van der Waals surface area contributed by atoms with Crippen molar-refractivity contribution in [3.05, 3.63) is 69.7 Å². The molecule has 2 aromatic carbocycles. The number of ether oxygens (including phenoxy) is 2. The number of para-hydroxylation sites is 2. The molecule has 2 N–H and O–H groups in total. The Hall–Kier alpha value is -3.44. The van der Waals surface area contributed by atoms with Crippen LogP contribution in [0.15, 0.2) is 74.5 Å². The average molecular weight is 659 g/mol. The smallest absolute Gasteiger partial charge is 0.400 e. The molecule has 0 bridgehead atoms. The molecule has 11 nitrogen and oxygen atoms in total. The molecular formula is C24H25F3IN7O4. The van der Waals surface area contributed by atoms with Crippen LogP contribution in [-0.4, -0.2) is 61.6 Å². The molecule has 1 fully saturated rings. The fourth-order valence-corrected chi connectivity index (χ4v) is 4.63. The van der Waals surface area contributed by atoms with Crippen LogP contribution in [0, 0.1) is 0 Å². The summed E-state index contributed by atoms with van der Waals surface area (Å²) in [5, 5.41) is 13.8. The Morgan fingerprint density at radius 3 is 2.26 bits per heavy atom. The molecule has 208 valence electrons. The molecule has 2 aliphatic rings. The van der Waals surface area contributed by atoms with E-state index in [4.69, 9.17) is 9.47 Å². The highest BCUT2D eigenvalue weighted by molar-refractivity contribution is 14.1. The number of alkyl halides is 3. The van der Waals surface area contributed by atoms with Gasteiger partial charge in [-0.15, -0.1) is 5.23 Å². The maximum Gasteiger partial charge on any atom is 0.432 e. The number of hydrogen-bond donors (Lipinski definition) is 2. The van der Waals surface area contributed by atoms with Gasteiger partial charge >= 0.3 is 12.1 Å². The molecule has 0 radical (unpaired) electrons. The summed E-state index contributed by atoms with van der Waals surface area (Å²) in [5.41, 5.74) is 0.681. The molecule has 1 atom stereocenters. The number of hydrazine groups is 2. The zero-order chi connectivity index (χ0) is 28.2. The first-order valence-corrected chi connectivity index (χ1v) is 12.8. The predicted octanol–water partition coefficient (Wildman–Crippen LogP) is 4.08. The molecule has 2 aromatic rings. The number of carbonyl (C=O) groups excluding carboxylic acids is 2. The Morgan fingerprint density at radius 2 is 1.67 bits per heavy atom. The number of methoxy groups -OCH3 is 1. The Balaban J connectivity index is 1.42. The van der Waals surface area contributed by atoms with Crippen LogP contribution in [0.3, 0.4) is 0 Å². The maximum absolute atomic E-state index is 14.2. The Morgan fingerprint density at radius 1 is 1.03 bits per heavy atom. The first-order chi connectivity index (χ1) is 18.6. The first kappa shape index (κ1) is 28.6. The standard InChI is InChI=1S/C24H25F3IN7O4/c1-16(36)29-18-10-6-7-11-19(18)33-12-14-34(15-13-33)35-31-20(28)21(30-32-35)39-22(37)23(38-2,24(25,26)27)17-8-4-3-5-9-17/h3-11,31H,12-15H2,1-2H3,(H,29,36). The summed E-state index contributed by atoms with van der Waals surface area (Å²) in [6.07, 6.45) is -5.12. The molecule has 2 heterocycles. The number of esters is 1. The zero-order valence-electron chi connectivity index (χ0n) is 20.9. The van der Waals surface area contributed by atoms with E-state index >= 15 is 0 Å². The van der Waals surface area contributed by atoms with Crippen molar-refractivity contribution in [3.63, 3.8) is 0 Å². The van der Waals surface area contributed by atoms with Crippen LogP contribution in [0.2, 0.25) is 0 Å². The Kier molecular flexibility index (Phi) is 8.60. The third-order valence-electron chi connectivity index (χ3n) is 6.05. The van der Waals surface area contributed by atoms with Gasteiger partial charge < -0.3 is 19.7 Å². The minimum absolute atomic E-state index is 0.148. The number of nitrogens with zero attached hydrogens (tertiary/aromatic N) is 5. The number of anilines is 2. The summed E-state index contributed by atoms with van der Waals surface area (Å²) in [6.45, 7) is 3.64. The van der Waals surface area contributed by atoms with Crippen LogP contribution in [0.1, 0.15) is 12.5 Å². The van der Waals surface area contributed by atoms with E-state index in [0.717, 1.165) is 24.9 Å². The molecule has 0 saturated carbocycles. The lowest BCUT2D eigenvalue weighted by atomic mass is 9.93. The summed E-state index contributed by atoms with van der Waals surface area (Å²) in [5.74, 6) is -2.30. The molecular weight excluding hydrogens is 634 g/mol. The summed E-state index contributed by atoms with van der Waals surface area (Å²) in [6, 6.07) is 14.0. The number of nitrogens with one attached hydrogen (secondary N) is 2. The van der Waals surface area contributed by atoms with E-state index in [1.807, 2.05) is 29.3 Å². The van der Waals surface area contributed by atoms with Gasteiger partial charge in [0.05, 0.1) is 11.4 Å². The molecule has 0 aliphatic carbocycles. The highest BCUT2D eigenvalue weighted by Gasteiger charge is 2.64. The van der Waals surface area contributed by atoms with Crippen LogP contribution in [0.5, 0.6) is 0 Å². The van der Waals surface area contributed by atoms with Gasteiger partial charge in [0.1, 0.15) is 0 Å². The first-order valence-electron chi connectivity index (χ1n) is 11.7. The second-order valence-electron chi connectivity index (χ2n) is 8.49. The third-order valence-corrected chi connectivity index (χ3v) is 6.75. The van der Waals surface area contributed by atoms with Crippen molar-refractivity contribution in [2.24, 2.45) is 10.3 Å². The van der Waals surface area contributed by atoms with Gasteiger partial charge in [-0.1, -0.05) is 47.6 Å². The molecule has 39 heavy (non-hydrogen) atoms. The van der Waals surface area contributed by atoms with Gasteiger partial charge in [-0.2, -0.15) is 18.2 Å². The maximum atomic E-state index is 14.2. The summed E-state index contributed by atoms with van der Waals surface area (Å²) >= 11 is 1.76. The van der Waals surface area contributed by atoms with Crippen molar-refractivity contribution in [2.45, 2.75) is 18.7 Å². The minimum Gasteiger partial charge on any atom is -0.400 e. The van der Waals surface area contributed by atoms with Crippen LogP contribution in [0.25, 0.3) is 0 Å². The topological polar surface area (TPSA) is 111 Å². The van der Waals surface area contributed by atoms with Gasteiger partial charge in [-0.25, -0.2) is 4.79 Å². The lowest BCUT2D eigenvalue weighted by Gasteiger charge is -2.40. The Bertz CT molecular complexity index is 1270. The fraction of sp³-hybridized carbons (Fsp3) is 0.333. The van der Waals surface area contributed by atoms with E-state index in [1.54, 1.807) is 22.6 Å². The van der Waals surface area contributed by atoms with E-state index in [2.05, 4.69) is 26.0 Å². The fourth-order valence-electron chi connectivity index (χ4n) is 4.20. The predicted molar refractivity (Wildman–Crippen MR) is 143 cm³/mol. The lowest BCUT2D eigenvalue weighted by molar-refractivity contribution is -0.274. The molecule has 0 aromatic heterocycles. The van der Waals surface area contributed by atoms with Gasteiger partial charge in [-0.05, 0) is 39.9 Å². The molecule has 2 aliphatic heterocycles. The van der Waals surface area contributed by atoms with E-state index in [-0.39, 0.29) is 9.61 Å². The van der Waals surface area contributed by atoms with Gasteiger partial charge in [0.15, 0.2) is 3.70 Å². The largest absolute Gasteiger partial charge is 0.432 e. The lowest BCUT2D eigenvalue weighted by Crippen LogP contribution is -2.56. The highest BCUT2D eigenvalue weighted by Crippen LogP contribution is 2.43. The van der Waals surface area contributed by atoms with Gasteiger partial charge in [0.2, 0.25) is 5.91 Å². The SMILES string of the molecule is COC(C(=O)OC1=C(I)NN(N2CCN(c3ccccc3NC(C)=O)CC2)N=N1)(c1ccccc1)C(F)(F)F. The number of amides is 1. The van der Waals surface area contributed by atoms with Crippen LogP contribution >= 0.6 is 22.6 Å². The minimum atomic E-state index is -5.12. The quantitative estimate of drug-likeness (QED) is 0.260. The van der Waals surface area contributed by atoms with Crippen LogP contribution in [-0.2, 0) is 24.7 Å². The zero-order valence-corrected chi connectivity index (χ0v) is 23.1. The van der Waals surface area contributed by atoms with Crippen molar-refractivity contribution < 1.29 is 32.2 Å². The van der Waals surface area contributed by atoms with Crippen molar-refractivity contribution in [1.82, 2.24) is 15.7 Å². The molecule has 1 unspecified atom stereocenters.